The second kappa shape index (κ2) is 6.63. The molecule has 1 aromatic rings. The highest BCUT2D eigenvalue weighted by Crippen LogP contribution is 2.26. The van der Waals surface area contributed by atoms with Crippen LogP contribution in [0.5, 0.6) is 0 Å². The van der Waals surface area contributed by atoms with Crippen molar-refractivity contribution < 1.29 is 14.7 Å². The molecule has 0 saturated heterocycles. The third-order valence-electron chi connectivity index (χ3n) is 3.35. The number of carbonyl (C=O) groups is 2. The van der Waals surface area contributed by atoms with Crippen LogP contribution in [0.3, 0.4) is 0 Å². The molecule has 5 heteroatoms. The smallest absolute Gasteiger partial charge is 0.238 e. The number of nitrogens with one attached hydrogen (secondary N) is 1. The Balaban J connectivity index is 1.93. The third kappa shape index (κ3) is 4.15. The number of nitrogens with zero attached hydrogens (tertiary/aromatic N) is 1. The fraction of sp³-hybridized carbons (Fsp3) is 0.467. The van der Waals surface area contributed by atoms with E-state index in [2.05, 4.69) is 5.32 Å². The average molecular weight is 276 g/mol. The van der Waals surface area contributed by atoms with Crippen molar-refractivity contribution in [1.29, 1.82) is 0 Å². The van der Waals surface area contributed by atoms with Crippen LogP contribution in [-0.4, -0.2) is 47.4 Å². The molecule has 0 spiro atoms. The van der Waals surface area contributed by atoms with Crippen molar-refractivity contribution in [3.8, 4) is 0 Å². The summed E-state index contributed by atoms with van der Waals surface area (Å²) in [6, 6.07) is 7.33. The molecule has 0 heterocycles. The quantitative estimate of drug-likeness (QED) is 0.736. The van der Waals surface area contributed by atoms with E-state index in [1.54, 1.807) is 24.3 Å². The van der Waals surface area contributed by atoms with Crippen molar-refractivity contribution in [2.24, 2.45) is 0 Å². The third-order valence-corrected chi connectivity index (χ3v) is 3.35. The van der Waals surface area contributed by atoms with Gasteiger partial charge < -0.3 is 10.4 Å². The van der Waals surface area contributed by atoms with E-state index in [0.29, 0.717) is 23.8 Å². The van der Waals surface area contributed by atoms with E-state index in [9.17, 15) is 9.59 Å². The van der Waals surface area contributed by atoms with Gasteiger partial charge in [-0.05, 0) is 31.9 Å². The molecule has 0 atom stereocenters. The van der Waals surface area contributed by atoms with Gasteiger partial charge in [-0.25, -0.2) is 0 Å². The van der Waals surface area contributed by atoms with Gasteiger partial charge >= 0.3 is 0 Å². The van der Waals surface area contributed by atoms with Gasteiger partial charge in [0.15, 0.2) is 5.78 Å². The van der Waals surface area contributed by atoms with Crippen LogP contribution < -0.4 is 5.32 Å². The number of benzene rings is 1. The zero-order chi connectivity index (χ0) is 14.5. The zero-order valence-corrected chi connectivity index (χ0v) is 11.6. The standard InChI is InChI=1S/C15H20N2O3/c1-11(19)12-3-2-4-13(9-12)16-15(20)10-17(7-8-18)14-5-6-14/h2-4,9,14,18H,5-8,10H2,1H3,(H,16,20). The average Bonchev–Trinajstić information content (AvgIpc) is 3.22. The van der Waals surface area contributed by atoms with Crippen molar-refractivity contribution in [3.63, 3.8) is 0 Å². The van der Waals surface area contributed by atoms with Crippen LogP contribution in [0, 0.1) is 0 Å². The Morgan fingerprint density at radius 3 is 2.75 bits per heavy atom. The molecule has 1 aliphatic carbocycles. The minimum atomic E-state index is -0.119. The van der Waals surface area contributed by atoms with Crippen LogP contribution in [0.25, 0.3) is 0 Å². The molecule has 0 bridgehead atoms. The van der Waals surface area contributed by atoms with Gasteiger partial charge in [0.25, 0.3) is 0 Å². The van der Waals surface area contributed by atoms with Crippen molar-refractivity contribution >= 4 is 17.4 Å². The Labute approximate surface area is 118 Å². The van der Waals surface area contributed by atoms with Crippen molar-refractivity contribution in [1.82, 2.24) is 4.90 Å². The van der Waals surface area contributed by atoms with Crippen molar-refractivity contribution in [2.75, 3.05) is 25.0 Å². The molecule has 0 unspecified atom stereocenters. The van der Waals surface area contributed by atoms with Crippen LogP contribution in [-0.2, 0) is 4.79 Å². The van der Waals surface area contributed by atoms with Gasteiger partial charge in [-0.1, -0.05) is 12.1 Å². The first kappa shape index (κ1) is 14.7. The number of anilines is 1. The monoisotopic (exact) mass is 276 g/mol. The molecule has 108 valence electrons. The molecule has 1 aromatic carbocycles. The second-order valence-electron chi connectivity index (χ2n) is 5.11. The summed E-state index contributed by atoms with van der Waals surface area (Å²) in [5.41, 5.74) is 1.21. The summed E-state index contributed by atoms with van der Waals surface area (Å²) < 4.78 is 0. The topological polar surface area (TPSA) is 69.6 Å². The minimum absolute atomic E-state index is 0.0269. The van der Waals surface area contributed by atoms with Gasteiger partial charge in [0.05, 0.1) is 13.2 Å². The highest BCUT2D eigenvalue weighted by molar-refractivity contribution is 5.97. The highest BCUT2D eigenvalue weighted by Gasteiger charge is 2.29. The van der Waals surface area contributed by atoms with Crippen molar-refractivity contribution in [2.45, 2.75) is 25.8 Å². The summed E-state index contributed by atoms with van der Waals surface area (Å²) in [7, 11) is 0. The number of hydrogen-bond donors (Lipinski definition) is 2. The predicted molar refractivity (Wildman–Crippen MR) is 76.8 cm³/mol. The normalized spacial score (nSPS) is 14.3. The molecule has 0 aromatic heterocycles. The molecular weight excluding hydrogens is 256 g/mol. The van der Waals surface area contributed by atoms with E-state index >= 15 is 0 Å². The van der Waals surface area contributed by atoms with Gasteiger partial charge in [0.1, 0.15) is 0 Å². The Kier molecular flexibility index (Phi) is 4.87. The molecule has 1 amide bonds. The Hall–Kier alpha value is -1.72. The molecule has 1 saturated carbocycles. The van der Waals surface area contributed by atoms with E-state index in [-0.39, 0.29) is 24.8 Å². The van der Waals surface area contributed by atoms with Crippen LogP contribution in [0.15, 0.2) is 24.3 Å². The van der Waals surface area contributed by atoms with Gasteiger partial charge in [-0.2, -0.15) is 0 Å². The number of amides is 1. The molecule has 1 fully saturated rings. The van der Waals surface area contributed by atoms with E-state index < -0.39 is 0 Å². The number of Topliss-reactive ketones (excluding diaryl/α,β-unsaturated/α-hetero) is 1. The summed E-state index contributed by atoms with van der Waals surface area (Å²) in [5, 5.41) is 11.8. The van der Waals surface area contributed by atoms with E-state index in [4.69, 9.17) is 5.11 Å². The number of carbonyl (C=O) groups excluding carboxylic acids is 2. The van der Waals surface area contributed by atoms with Gasteiger partial charge in [0, 0.05) is 23.8 Å². The van der Waals surface area contributed by atoms with Crippen LogP contribution in [0.4, 0.5) is 5.69 Å². The molecule has 2 rings (SSSR count). The number of hydrogen-bond acceptors (Lipinski definition) is 4. The lowest BCUT2D eigenvalue weighted by atomic mass is 10.1. The molecule has 2 N–H and O–H groups in total. The fourth-order valence-corrected chi connectivity index (χ4v) is 2.16. The van der Waals surface area contributed by atoms with Gasteiger partial charge in [-0.3, -0.25) is 14.5 Å². The summed E-state index contributed by atoms with van der Waals surface area (Å²) in [6.45, 7) is 2.35. The van der Waals surface area contributed by atoms with E-state index in [1.165, 1.54) is 6.92 Å². The first-order valence-corrected chi connectivity index (χ1v) is 6.86. The summed E-state index contributed by atoms with van der Waals surface area (Å²) >= 11 is 0. The molecule has 0 radical (unpaired) electrons. The lowest BCUT2D eigenvalue weighted by molar-refractivity contribution is -0.117. The molecule has 5 nitrogen and oxygen atoms in total. The number of rotatable bonds is 7. The lowest BCUT2D eigenvalue weighted by Gasteiger charge is -2.20. The first-order chi connectivity index (χ1) is 9.60. The molecule has 20 heavy (non-hydrogen) atoms. The highest BCUT2D eigenvalue weighted by atomic mass is 16.3. The number of ketones is 1. The first-order valence-electron chi connectivity index (χ1n) is 6.86. The molecule has 0 aliphatic heterocycles. The molecular formula is C15H20N2O3. The largest absolute Gasteiger partial charge is 0.395 e. The maximum atomic E-state index is 12.0. The van der Waals surface area contributed by atoms with E-state index in [1.807, 2.05) is 4.90 Å². The lowest BCUT2D eigenvalue weighted by Crippen LogP contribution is -2.36. The Bertz CT molecular complexity index is 498. The SMILES string of the molecule is CC(=O)c1cccc(NC(=O)CN(CCO)C2CC2)c1. The molecule has 1 aliphatic rings. The van der Waals surface area contributed by atoms with Crippen LogP contribution >= 0.6 is 0 Å². The summed E-state index contributed by atoms with van der Waals surface area (Å²) in [6.07, 6.45) is 2.18. The maximum absolute atomic E-state index is 12.0. The van der Waals surface area contributed by atoms with Gasteiger partial charge in [0.2, 0.25) is 5.91 Å². The minimum Gasteiger partial charge on any atom is -0.395 e. The fourth-order valence-electron chi connectivity index (χ4n) is 2.16. The van der Waals surface area contributed by atoms with E-state index in [0.717, 1.165) is 12.8 Å². The zero-order valence-electron chi connectivity index (χ0n) is 11.6. The Morgan fingerprint density at radius 1 is 1.40 bits per heavy atom. The number of aliphatic hydroxyl groups excluding tert-OH is 1. The number of aliphatic hydroxyl groups is 1. The predicted octanol–water partition coefficient (Wildman–Crippen LogP) is 1.28. The van der Waals surface area contributed by atoms with Crippen LogP contribution in [0.2, 0.25) is 0 Å². The summed E-state index contributed by atoms with van der Waals surface area (Å²) in [4.78, 5) is 25.3. The van der Waals surface area contributed by atoms with Crippen molar-refractivity contribution in [3.05, 3.63) is 29.8 Å². The second-order valence-corrected chi connectivity index (χ2v) is 5.11. The van der Waals surface area contributed by atoms with Gasteiger partial charge in [-0.15, -0.1) is 0 Å². The Morgan fingerprint density at radius 2 is 2.15 bits per heavy atom. The maximum Gasteiger partial charge on any atom is 0.238 e. The van der Waals surface area contributed by atoms with Crippen LogP contribution in [0.1, 0.15) is 30.1 Å². The summed E-state index contributed by atoms with van der Waals surface area (Å²) in [5.74, 6) is -0.146.